The summed E-state index contributed by atoms with van der Waals surface area (Å²) in [5.41, 5.74) is 5.97. The summed E-state index contributed by atoms with van der Waals surface area (Å²) in [4.78, 5) is 20.7. The molecule has 3 aromatic rings. The van der Waals surface area contributed by atoms with E-state index in [1.807, 2.05) is 60.7 Å². The zero-order valence-electron chi connectivity index (χ0n) is 17.6. The number of carboxylic acids is 1. The van der Waals surface area contributed by atoms with E-state index >= 15 is 0 Å². The Morgan fingerprint density at radius 3 is 2.56 bits per heavy atom. The van der Waals surface area contributed by atoms with Crippen molar-refractivity contribution in [2.75, 3.05) is 13.2 Å². The van der Waals surface area contributed by atoms with Crippen molar-refractivity contribution in [2.45, 2.75) is 19.3 Å². The Bertz CT molecular complexity index is 1080. The fourth-order valence-corrected chi connectivity index (χ4v) is 3.78. The fourth-order valence-electron chi connectivity index (χ4n) is 3.78. The van der Waals surface area contributed by atoms with Crippen LogP contribution in [0.15, 0.2) is 84.3 Å². The topological polar surface area (TPSA) is 81.0 Å². The van der Waals surface area contributed by atoms with Gasteiger partial charge in [0.15, 0.2) is 6.61 Å². The molecular formula is C26H24N2O4. The highest BCUT2D eigenvalue weighted by Crippen LogP contribution is 2.34. The quantitative estimate of drug-likeness (QED) is 0.303. The summed E-state index contributed by atoms with van der Waals surface area (Å²) in [6, 6.07) is 19.5. The van der Waals surface area contributed by atoms with Gasteiger partial charge in [0.05, 0.1) is 0 Å². The van der Waals surface area contributed by atoms with Crippen molar-refractivity contribution in [3.05, 3.63) is 101 Å². The van der Waals surface area contributed by atoms with Gasteiger partial charge in [-0.1, -0.05) is 53.7 Å². The zero-order valence-corrected chi connectivity index (χ0v) is 17.6. The molecular weight excluding hydrogens is 404 g/mol. The maximum absolute atomic E-state index is 10.9. The standard InChI is InChI=1S/C26H24N2O4/c29-25(30)18-31-24-11-5-9-22-19(8-4-10-23(22)24)14-17-32-28-26(20-6-2-1-3-7-20)21-12-15-27-16-13-21/h1-3,5-9,11-13,15-16H,4,10,14,17-18H2,(H,29,30)/b28-26-. The van der Waals surface area contributed by atoms with E-state index in [1.165, 1.54) is 0 Å². The number of hydrogen-bond donors (Lipinski definition) is 1. The molecule has 0 bridgehead atoms. The molecule has 162 valence electrons. The van der Waals surface area contributed by atoms with Crippen LogP contribution in [0.4, 0.5) is 0 Å². The third-order valence-electron chi connectivity index (χ3n) is 5.23. The van der Waals surface area contributed by atoms with Crippen LogP contribution in [-0.2, 0) is 16.1 Å². The van der Waals surface area contributed by atoms with Gasteiger partial charge in [-0.25, -0.2) is 4.79 Å². The Morgan fingerprint density at radius 1 is 1.00 bits per heavy atom. The fraction of sp³-hybridized carbons (Fsp3) is 0.192. The summed E-state index contributed by atoms with van der Waals surface area (Å²) >= 11 is 0. The third kappa shape index (κ3) is 5.21. The molecule has 0 saturated heterocycles. The number of fused-ring (bicyclic) bond motifs is 1. The molecule has 1 aromatic heterocycles. The Morgan fingerprint density at radius 2 is 1.78 bits per heavy atom. The molecule has 0 fully saturated rings. The predicted molar refractivity (Wildman–Crippen MR) is 123 cm³/mol. The van der Waals surface area contributed by atoms with Crippen molar-refractivity contribution in [3.63, 3.8) is 0 Å². The van der Waals surface area contributed by atoms with Crippen molar-refractivity contribution < 1.29 is 19.5 Å². The molecule has 32 heavy (non-hydrogen) atoms. The van der Waals surface area contributed by atoms with Crippen LogP contribution in [0.5, 0.6) is 5.75 Å². The van der Waals surface area contributed by atoms with Crippen LogP contribution in [0, 0.1) is 0 Å². The lowest BCUT2D eigenvalue weighted by atomic mass is 9.89. The monoisotopic (exact) mass is 428 g/mol. The van der Waals surface area contributed by atoms with Crippen LogP contribution in [0.3, 0.4) is 0 Å². The first kappa shape index (κ1) is 21.3. The maximum atomic E-state index is 10.9. The highest BCUT2D eigenvalue weighted by molar-refractivity contribution is 6.12. The Hall–Kier alpha value is -3.93. The molecule has 6 nitrogen and oxygen atoms in total. The number of carboxylic acid groups (broad SMARTS) is 1. The van der Waals surface area contributed by atoms with E-state index in [9.17, 15) is 4.79 Å². The van der Waals surface area contributed by atoms with Gasteiger partial charge in [-0.15, -0.1) is 0 Å². The number of hydrogen-bond acceptors (Lipinski definition) is 5. The first-order valence-corrected chi connectivity index (χ1v) is 10.5. The van der Waals surface area contributed by atoms with Crippen molar-refractivity contribution in [2.24, 2.45) is 5.16 Å². The number of pyridine rings is 1. The smallest absolute Gasteiger partial charge is 0.341 e. The third-order valence-corrected chi connectivity index (χ3v) is 5.23. The molecule has 1 aliphatic rings. The number of nitrogens with zero attached hydrogens (tertiary/aromatic N) is 2. The van der Waals surface area contributed by atoms with E-state index in [0.717, 1.165) is 46.4 Å². The highest BCUT2D eigenvalue weighted by Gasteiger charge is 2.17. The molecule has 0 saturated carbocycles. The van der Waals surface area contributed by atoms with Gasteiger partial charge in [-0.05, 0) is 42.2 Å². The van der Waals surface area contributed by atoms with Crippen LogP contribution in [-0.4, -0.2) is 35.0 Å². The lowest BCUT2D eigenvalue weighted by Crippen LogP contribution is -2.12. The van der Waals surface area contributed by atoms with E-state index in [1.54, 1.807) is 12.4 Å². The lowest BCUT2D eigenvalue weighted by Gasteiger charge is -2.20. The number of aliphatic carboxylic acids is 1. The van der Waals surface area contributed by atoms with E-state index in [0.29, 0.717) is 18.8 Å². The van der Waals surface area contributed by atoms with Gasteiger partial charge < -0.3 is 14.7 Å². The van der Waals surface area contributed by atoms with Crippen LogP contribution >= 0.6 is 0 Å². The minimum absolute atomic E-state index is 0.343. The molecule has 0 aliphatic heterocycles. The second kappa shape index (κ2) is 10.4. The molecule has 1 N–H and O–H groups in total. The van der Waals surface area contributed by atoms with E-state index < -0.39 is 5.97 Å². The minimum Gasteiger partial charge on any atom is -0.482 e. The summed E-state index contributed by atoms with van der Waals surface area (Å²) < 4.78 is 5.48. The predicted octanol–water partition coefficient (Wildman–Crippen LogP) is 4.73. The number of aromatic nitrogens is 1. The second-order valence-corrected chi connectivity index (χ2v) is 7.36. The summed E-state index contributed by atoms with van der Waals surface area (Å²) in [5, 5.41) is 13.4. The Kier molecular flexibility index (Phi) is 6.92. The van der Waals surface area contributed by atoms with Crippen LogP contribution in [0.2, 0.25) is 0 Å². The molecule has 1 aliphatic carbocycles. The van der Waals surface area contributed by atoms with Gasteiger partial charge in [0.2, 0.25) is 0 Å². The molecule has 2 aromatic carbocycles. The molecule has 0 spiro atoms. The zero-order chi connectivity index (χ0) is 22.2. The van der Waals surface area contributed by atoms with Gasteiger partial charge in [0.25, 0.3) is 0 Å². The SMILES string of the molecule is O=C(O)COc1cccc2c1CCC=C2CCO/N=C(/c1ccccc1)c1ccncc1. The minimum atomic E-state index is -0.983. The van der Waals surface area contributed by atoms with Crippen LogP contribution in [0.25, 0.3) is 5.57 Å². The molecule has 1 heterocycles. The Labute approximate surface area is 186 Å². The summed E-state index contributed by atoms with van der Waals surface area (Å²) in [7, 11) is 0. The van der Waals surface area contributed by atoms with Crippen LogP contribution < -0.4 is 4.74 Å². The number of ether oxygens (including phenoxy) is 1. The lowest BCUT2D eigenvalue weighted by molar-refractivity contribution is -0.139. The summed E-state index contributed by atoms with van der Waals surface area (Å²) in [6.45, 7) is 0.0808. The molecule has 0 amide bonds. The summed E-state index contributed by atoms with van der Waals surface area (Å²) in [5.74, 6) is -0.345. The van der Waals surface area contributed by atoms with Gasteiger partial charge in [0, 0.05) is 35.5 Å². The first-order chi connectivity index (χ1) is 15.7. The van der Waals surface area contributed by atoms with Crippen molar-refractivity contribution in [3.8, 4) is 5.75 Å². The average Bonchev–Trinajstić information content (AvgIpc) is 2.84. The number of carbonyl (C=O) groups is 1. The van der Waals surface area contributed by atoms with Gasteiger partial charge in [-0.3, -0.25) is 4.98 Å². The van der Waals surface area contributed by atoms with E-state index in [-0.39, 0.29) is 6.61 Å². The normalized spacial score (nSPS) is 13.1. The van der Waals surface area contributed by atoms with Crippen molar-refractivity contribution in [1.82, 2.24) is 4.98 Å². The maximum Gasteiger partial charge on any atom is 0.341 e. The van der Waals surface area contributed by atoms with E-state index in [2.05, 4.69) is 16.2 Å². The van der Waals surface area contributed by atoms with Crippen LogP contribution in [0.1, 0.15) is 35.1 Å². The largest absolute Gasteiger partial charge is 0.482 e. The average molecular weight is 428 g/mol. The van der Waals surface area contributed by atoms with Crippen molar-refractivity contribution >= 4 is 17.3 Å². The number of allylic oxidation sites excluding steroid dienone is 1. The van der Waals surface area contributed by atoms with Gasteiger partial charge in [-0.2, -0.15) is 0 Å². The first-order valence-electron chi connectivity index (χ1n) is 10.5. The number of benzene rings is 2. The Balaban J connectivity index is 1.46. The molecule has 0 radical (unpaired) electrons. The molecule has 0 unspecified atom stereocenters. The van der Waals surface area contributed by atoms with Crippen molar-refractivity contribution in [1.29, 1.82) is 0 Å². The molecule has 6 heteroatoms. The molecule has 0 atom stereocenters. The highest BCUT2D eigenvalue weighted by atomic mass is 16.6. The summed E-state index contributed by atoms with van der Waals surface area (Å²) in [6.07, 6.45) is 8.08. The number of rotatable bonds is 9. The molecule has 4 rings (SSSR count). The van der Waals surface area contributed by atoms with Gasteiger partial charge in [0.1, 0.15) is 18.1 Å². The second-order valence-electron chi connectivity index (χ2n) is 7.36. The number of oxime groups is 1. The van der Waals surface area contributed by atoms with E-state index in [4.69, 9.17) is 14.7 Å². The van der Waals surface area contributed by atoms with Gasteiger partial charge >= 0.3 is 5.97 Å².